The standard InChI is InChI=1S/C17H27NO5/c19-13-9-17(5-7-23-8-6-17)18(12-13)14(20)10-16(11-15(21)22)3-1-2-4-16/h13,19H,1-12H2,(H,21,22). The summed E-state index contributed by atoms with van der Waals surface area (Å²) < 4.78 is 5.43. The van der Waals surface area contributed by atoms with Crippen LogP contribution in [0.1, 0.15) is 57.8 Å². The number of hydrogen-bond donors (Lipinski definition) is 2. The summed E-state index contributed by atoms with van der Waals surface area (Å²) in [6.07, 6.45) is 5.69. The molecule has 3 aliphatic rings. The van der Waals surface area contributed by atoms with Gasteiger partial charge in [-0.1, -0.05) is 12.8 Å². The van der Waals surface area contributed by atoms with Crippen LogP contribution < -0.4 is 0 Å². The van der Waals surface area contributed by atoms with Crippen molar-refractivity contribution in [2.75, 3.05) is 19.8 Å². The third kappa shape index (κ3) is 3.38. The van der Waals surface area contributed by atoms with Gasteiger partial charge in [0.1, 0.15) is 0 Å². The summed E-state index contributed by atoms with van der Waals surface area (Å²) in [5, 5.41) is 19.3. The number of amides is 1. The Labute approximate surface area is 136 Å². The van der Waals surface area contributed by atoms with Crippen LogP contribution in [0.2, 0.25) is 0 Å². The predicted octanol–water partition coefficient (Wildman–Crippen LogP) is 1.55. The number of carboxylic acid groups (broad SMARTS) is 1. The molecular formula is C17H27NO5. The minimum Gasteiger partial charge on any atom is -0.481 e. The number of ether oxygens (including phenoxy) is 1. The van der Waals surface area contributed by atoms with Crippen LogP contribution in [-0.4, -0.2) is 58.4 Å². The molecule has 2 aliphatic heterocycles. The van der Waals surface area contributed by atoms with E-state index in [1.165, 1.54) is 0 Å². The molecule has 1 spiro atoms. The van der Waals surface area contributed by atoms with Gasteiger partial charge in [-0.3, -0.25) is 9.59 Å². The van der Waals surface area contributed by atoms with E-state index in [-0.39, 0.29) is 23.3 Å². The minimum absolute atomic E-state index is 0.0200. The largest absolute Gasteiger partial charge is 0.481 e. The molecule has 6 nitrogen and oxygen atoms in total. The maximum Gasteiger partial charge on any atom is 0.303 e. The summed E-state index contributed by atoms with van der Waals surface area (Å²) in [6, 6.07) is 0. The second kappa shape index (κ2) is 6.40. The topological polar surface area (TPSA) is 87.1 Å². The van der Waals surface area contributed by atoms with Gasteiger partial charge in [-0.2, -0.15) is 0 Å². The van der Waals surface area contributed by atoms with Gasteiger partial charge in [0.05, 0.1) is 12.5 Å². The molecule has 3 rings (SSSR count). The van der Waals surface area contributed by atoms with Crippen LogP contribution in [0.15, 0.2) is 0 Å². The number of carbonyl (C=O) groups is 2. The van der Waals surface area contributed by atoms with Crippen LogP contribution >= 0.6 is 0 Å². The second-order valence-corrected chi connectivity index (χ2v) is 7.65. The van der Waals surface area contributed by atoms with Gasteiger partial charge in [0.25, 0.3) is 0 Å². The highest BCUT2D eigenvalue weighted by Gasteiger charge is 2.49. The molecule has 1 saturated carbocycles. The number of β-amino-alcohol motifs (C(OH)–C–C–N with tert-alkyl or cyclic N) is 1. The van der Waals surface area contributed by atoms with Gasteiger partial charge < -0.3 is 19.8 Å². The lowest BCUT2D eigenvalue weighted by molar-refractivity contribution is -0.144. The van der Waals surface area contributed by atoms with Gasteiger partial charge in [-0.05, 0) is 37.5 Å². The molecule has 6 heteroatoms. The summed E-state index contributed by atoms with van der Waals surface area (Å²) in [6.45, 7) is 1.62. The van der Waals surface area contributed by atoms with Gasteiger partial charge in [0.2, 0.25) is 5.91 Å². The van der Waals surface area contributed by atoms with E-state index in [0.717, 1.165) is 38.5 Å². The fraction of sp³-hybridized carbons (Fsp3) is 0.882. The van der Waals surface area contributed by atoms with E-state index in [2.05, 4.69) is 0 Å². The average Bonchev–Trinajstić information content (AvgIpc) is 3.04. The van der Waals surface area contributed by atoms with Crippen LogP contribution in [0.3, 0.4) is 0 Å². The van der Waals surface area contributed by atoms with Crippen molar-refractivity contribution < 1.29 is 24.5 Å². The first-order chi connectivity index (χ1) is 10.9. The van der Waals surface area contributed by atoms with E-state index in [1.807, 2.05) is 4.90 Å². The number of carboxylic acids is 1. The van der Waals surface area contributed by atoms with E-state index in [4.69, 9.17) is 4.74 Å². The number of rotatable bonds is 4. The van der Waals surface area contributed by atoms with E-state index in [9.17, 15) is 19.8 Å². The van der Waals surface area contributed by atoms with Crippen LogP contribution in [0.5, 0.6) is 0 Å². The van der Waals surface area contributed by atoms with E-state index in [1.54, 1.807) is 0 Å². The SMILES string of the molecule is O=C(O)CC1(CC(=O)N2CC(O)CC23CCOCC3)CCCC1. The number of likely N-dealkylation sites (tertiary alicyclic amines) is 1. The minimum atomic E-state index is -0.818. The Bertz CT molecular complexity index is 466. The fourth-order valence-electron chi connectivity index (χ4n) is 4.89. The first kappa shape index (κ1) is 16.7. The third-order valence-corrected chi connectivity index (χ3v) is 6.02. The number of nitrogens with zero attached hydrogens (tertiary/aromatic N) is 1. The quantitative estimate of drug-likeness (QED) is 0.819. The number of aliphatic hydroxyl groups is 1. The molecule has 2 saturated heterocycles. The van der Waals surface area contributed by atoms with Gasteiger partial charge in [-0.15, -0.1) is 0 Å². The van der Waals surface area contributed by atoms with Crippen molar-refractivity contribution >= 4 is 11.9 Å². The Morgan fingerprint density at radius 1 is 1.09 bits per heavy atom. The summed E-state index contributed by atoms with van der Waals surface area (Å²) >= 11 is 0. The lowest BCUT2D eigenvalue weighted by Gasteiger charge is -2.42. The Hall–Kier alpha value is -1.14. The summed E-state index contributed by atoms with van der Waals surface area (Å²) in [4.78, 5) is 26.1. The first-order valence-electron chi connectivity index (χ1n) is 8.73. The van der Waals surface area contributed by atoms with Crippen LogP contribution in [0.4, 0.5) is 0 Å². The molecule has 1 amide bonds. The van der Waals surface area contributed by atoms with Crippen LogP contribution in [0, 0.1) is 5.41 Å². The van der Waals surface area contributed by atoms with Crippen molar-refractivity contribution in [2.45, 2.75) is 69.4 Å². The Balaban J connectivity index is 1.74. The second-order valence-electron chi connectivity index (χ2n) is 7.65. The highest BCUT2D eigenvalue weighted by Crippen LogP contribution is 2.46. The summed E-state index contributed by atoms with van der Waals surface area (Å²) in [7, 11) is 0. The summed E-state index contributed by atoms with van der Waals surface area (Å²) in [5.74, 6) is -0.798. The number of aliphatic hydroxyl groups excluding tert-OH is 1. The van der Waals surface area contributed by atoms with Crippen molar-refractivity contribution in [1.82, 2.24) is 4.90 Å². The molecule has 0 aromatic carbocycles. The van der Waals surface area contributed by atoms with Crippen molar-refractivity contribution in [3.63, 3.8) is 0 Å². The molecule has 1 aliphatic carbocycles. The van der Waals surface area contributed by atoms with Gasteiger partial charge in [0.15, 0.2) is 0 Å². The highest BCUT2D eigenvalue weighted by atomic mass is 16.5. The average molecular weight is 325 g/mol. The smallest absolute Gasteiger partial charge is 0.303 e. The predicted molar refractivity (Wildman–Crippen MR) is 82.9 cm³/mol. The number of hydrogen-bond acceptors (Lipinski definition) is 4. The zero-order valence-electron chi connectivity index (χ0n) is 13.6. The zero-order valence-corrected chi connectivity index (χ0v) is 13.6. The molecule has 2 N–H and O–H groups in total. The first-order valence-corrected chi connectivity index (χ1v) is 8.73. The molecule has 0 radical (unpaired) electrons. The Kier molecular flexibility index (Phi) is 4.65. The molecule has 1 unspecified atom stereocenters. The molecule has 130 valence electrons. The molecule has 1 atom stereocenters. The zero-order chi connectivity index (χ0) is 16.5. The molecule has 23 heavy (non-hydrogen) atoms. The molecule has 0 aromatic rings. The molecule has 2 heterocycles. The molecular weight excluding hydrogens is 298 g/mol. The Morgan fingerprint density at radius 3 is 2.35 bits per heavy atom. The highest BCUT2D eigenvalue weighted by molar-refractivity contribution is 5.79. The third-order valence-electron chi connectivity index (χ3n) is 6.02. The molecule has 0 aromatic heterocycles. The van der Waals surface area contributed by atoms with Crippen molar-refractivity contribution in [2.24, 2.45) is 5.41 Å². The van der Waals surface area contributed by atoms with E-state index in [0.29, 0.717) is 32.6 Å². The maximum absolute atomic E-state index is 13.0. The Morgan fingerprint density at radius 2 is 1.74 bits per heavy atom. The fourth-order valence-corrected chi connectivity index (χ4v) is 4.89. The number of carbonyl (C=O) groups excluding carboxylic acids is 1. The normalized spacial score (nSPS) is 29.1. The van der Waals surface area contributed by atoms with Crippen LogP contribution in [-0.2, 0) is 14.3 Å². The summed E-state index contributed by atoms with van der Waals surface area (Å²) in [5.41, 5.74) is -0.666. The van der Waals surface area contributed by atoms with Gasteiger partial charge in [-0.25, -0.2) is 0 Å². The van der Waals surface area contributed by atoms with Crippen molar-refractivity contribution in [3.05, 3.63) is 0 Å². The van der Waals surface area contributed by atoms with Gasteiger partial charge >= 0.3 is 5.97 Å². The maximum atomic E-state index is 13.0. The number of aliphatic carboxylic acids is 1. The van der Waals surface area contributed by atoms with E-state index < -0.39 is 12.1 Å². The monoisotopic (exact) mass is 325 g/mol. The molecule has 0 bridgehead atoms. The van der Waals surface area contributed by atoms with Crippen molar-refractivity contribution in [3.8, 4) is 0 Å². The molecule has 3 fully saturated rings. The van der Waals surface area contributed by atoms with Gasteiger partial charge in [0, 0.05) is 31.7 Å². The van der Waals surface area contributed by atoms with E-state index >= 15 is 0 Å². The lowest BCUT2D eigenvalue weighted by Crippen LogP contribution is -2.51. The lowest BCUT2D eigenvalue weighted by atomic mass is 9.78. The van der Waals surface area contributed by atoms with Crippen molar-refractivity contribution in [1.29, 1.82) is 0 Å². The van der Waals surface area contributed by atoms with Crippen LogP contribution in [0.25, 0.3) is 0 Å².